The molecule has 0 saturated carbocycles. The van der Waals surface area contributed by atoms with Gasteiger partial charge in [-0.3, -0.25) is 0 Å². The first-order valence-corrected chi connectivity index (χ1v) is 11.0. The first kappa shape index (κ1) is 27.4. The molecule has 0 heterocycles. The summed E-state index contributed by atoms with van der Waals surface area (Å²) in [6, 6.07) is 12.9. The molecule has 2 aromatic carbocycles. The quantitative estimate of drug-likeness (QED) is 0.243. The highest BCUT2D eigenvalue weighted by atomic mass is 35.5. The van der Waals surface area contributed by atoms with Gasteiger partial charge in [0.25, 0.3) is 0 Å². The predicted molar refractivity (Wildman–Crippen MR) is 118 cm³/mol. The van der Waals surface area contributed by atoms with E-state index in [-0.39, 0.29) is 0 Å². The molecule has 2 atom stereocenters. The van der Waals surface area contributed by atoms with E-state index in [1.165, 1.54) is 0 Å². The van der Waals surface area contributed by atoms with Crippen molar-refractivity contribution in [3.05, 3.63) is 70.8 Å². The van der Waals surface area contributed by atoms with E-state index in [9.17, 15) is 26.3 Å². The Hall–Kier alpha value is -0.820. The van der Waals surface area contributed by atoms with Crippen LogP contribution in [-0.2, 0) is 0 Å². The van der Waals surface area contributed by atoms with Crippen molar-refractivity contribution < 1.29 is 26.3 Å². The Morgan fingerprint density at radius 1 is 0.594 bits per heavy atom. The Morgan fingerprint density at radius 2 is 0.875 bits per heavy atom. The van der Waals surface area contributed by atoms with E-state index in [0.717, 1.165) is 0 Å². The minimum absolute atomic E-state index is 0.377. The number of halogens is 10. The smallest absolute Gasteiger partial charge is 0.168 e. The summed E-state index contributed by atoms with van der Waals surface area (Å²) in [6.07, 6.45) is -11.8. The maximum absolute atomic E-state index is 13.6. The molecule has 0 nitrogen and oxygen atoms in total. The molecule has 0 aliphatic carbocycles. The van der Waals surface area contributed by atoms with Gasteiger partial charge in [0.15, 0.2) is 0 Å². The van der Waals surface area contributed by atoms with Crippen LogP contribution in [0.1, 0.15) is 46.9 Å². The Balaban J connectivity index is 2.74. The molecule has 0 saturated heterocycles. The predicted octanol–water partition coefficient (Wildman–Crippen LogP) is 9.42. The van der Waals surface area contributed by atoms with Gasteiger partial charge in [-0.05, 0) is 60.8 Å². The van der Waals surface area contributed by atoms with Gasteiger partial charge in [0, 0.05) is 0 Å². The molecule has 0 aliphatic rings. The lowest BCUT2D eigenvalue weighted by molar-refractivity contribution is -0.148. The molecular weight excluding hydrogens is 520 g/mol. The van der Waals surface area contributed by atoms with Crippen LogP contribution in [0.3, 0.4) is 0 Å². The lowest BCUT2D eigenvalue weighted by atomic mass is 9.74. The molecule has 0 amide bonds. The highest BCUT2D eigenvalue weighted by Gasteiger charge is 2.57. The molecule has 2 aromatic rings. The number of rotatable bonds is 7. The summed E-state index contributed by atoms with van der Waals surface area (Å²) in [5, 5.41) is 0. The average molecular weight is 540 g/mol. The van der Waals surface area contributed by atoms with Crippen molar-refractivity contribution in [1.29, 1.82) is 0 Å². The molecule has 0 bridgehead atoms. The topological polar surface area (TPSA) is 0 Å². The second kappa shape index (κ2) is 9.81. The molecule has 0 N–H and O–H groups in total. The standard InChI is InChI=1S/C22H20Cl4F6/c1-13-7-3-5-9-15(13)17(11-19(23,24)21(27,28)29)18(12-20(25,26)22(30,31)32)16-10-6-4-8-14(16)2/h3-10,17-18H,11-12H2,1-2H3. The summed E-state index contributed by atoms with van der Waals surface area (Å²) in [4.78, 5) is 0. The van der Waals surface area contributed by atoms with Gasteiger partial charge in [-0.1, -0.05) is 94.9 Å². The van der Waals surface area contributed by atoms with Gasteiger partial charge in [0.05, 0.1) is 0 Å². The fourth-order valence-corrected chi connectivity index (χ4v) is 4.39. The summed E-state index contributed by atoms with van der Waals surface area (Å²) in [7, 11) is 0. The van der Waals surface area contributed by atoms with Crippen molar-refractivity contribution in [2.45, 2.75) is 59.5 Å². The van der Waals surface area contributed by atoms with Crippen LogP contribution in [0.2, 0.25) is 0 Å². The maximum atomic E-state index is 13.6. The molecule has 10 heteroatoms. The first-order chi connectivity index (χ1) is 14.5. The van der Waals surface area contributed by atoms with E-state index < -0.39 is 45.7 Å². The van der Waals surface area contributed by atoms with Crippen LogP contribution < -0.4 is 0 Å². The Labute approximate surface area is 202 Å². The Bertz CT molecular complexity index is 846. The molecule has 0 aliphatic heterocycles. The van der Waals surface area contributed by atoms with Crippen LogP contribution in [0.4, 0.5) is 26.3 Å². The Kier molecular flexibility index (Phi) is 8.41. The van der Waals surface area contributed by atoms with Gasteiger partial charge in [0.1, 0.15) is 0 Å². The summed E-state index contributed by atoms with van der Waals surface area (Å²) < 4.78 is 75.1. The minimum Gasteiger partial charge on any atom is -0.168 e. The van der Waals surface area contributed by atoms with Gasteiger partial charge in [-0.2, -0.15) is 26.3 Å². The molecular formula is C22H20Cl4F6. The van der Waals surface area contributed by atoms with E-state index in [0.29, 0.717) is 22.3 Å². The number of alkyl halides is 10. The second-order valence-electron chi connectivity index (χ2n) is 7.74. The van der Waals surface area contributed by atoms with Gasteiger partial charge < -0.3 is 0 Å². The number of aryl methyl sites for hydroxylation is 2. The lowest BCUT2D eigenvalue weighted by Crippen LogP contribution is -2.40. The molecule has 0 aromatic heterocycles. The van der Waals surface area contributed by atoms with E-state index in [2.05, 4.69) is 0 Å². The molecule has 0 spiro atoms. The largest absolute Gasteiger partial charge is 0.421 e. The van der Waals surface area contributed by atoms with Crippen LogP contribution in [0.15, 0.2) is 48.5 Å². The normalized spacial score (nSPS) is 15.5. The van der Waals surface area contributed by atoms with Crippen molar-refractivity contribution >= 4 is 46.4 Å². The zero-order chi connectivity index (χ0) is 24.5. The van der Waals surface area contributed by atoms with E-state index in [1.807, 2.05) is 0 Å². The molecule has 32 heavy (non-hydrogen) atoms. The summed E-state index contributed by atoms with van der Waals surface area (Å²) >= 11 is 22.8. The summed E-state index contributed by atoms with van der Waals surface area (Å²) in [5.41, 5.74) is 1.90. The minimum atomic E-state index is -5.02. The van der Waals surface area contributed by atoms with Crippen molar-refractivity contribution in [3.8, 4) is 0 Å². The van der Waals surface area contributed by atoms with E-state index >= 15 is 0 Å². The number of benzene rings is 2. The lowest BCUT2D eigenvalue weighted by Gasteiger charge is -2.37. The highest BCUT2D eigenvalue weighted by Crippen LogP contribution is 2.55. The van der Waals surface area contributed by atoms with Crippen LogP contribution >= 0.6 is 46.4 Å². The van der Waals surface area contributed by atoms with Crippen LogP contribution in [0, 0.1) is 13.8 Å². The third-order valence-electron chi connectivity index (χ3n) is 5.44. The van der Waals surface area contributed by atoms with Crippen LogP contribution in [0.25, 0.3) is 0 Å². The summed E-state index contributed by atoms with van der Waals surface area (Å²) in [5.74, 6) is -2.35. The van der Waals surface area contributed by atoms with Gasteiger partial charge in [0.2, 0.25) is 8.67 Å². The molecule has 2 unspecified atom stereocenters. The van der Waals surface area contributed by atoms with Crippen LogP contribution in [0.5, 0.6) is 0 Å². The van der Waals surface area contributed by atoms with Crippen LogP contribution in [-0.4, -0.2) is 21.0 Å². The SMILES string of the molecule is Cc1ccccc1C(CC(Cl)(Cl)C(F)(F)F)C(CC(Cl)(Cl)C(F)(F)F)c1ccccc1C. The third kappa shape index (κ3) is 6.19. The van der Waals surface area contributed by atoms with Gasteiger partial charge in [-0.15, -0.1) is 0 Å². The maximum Gasteiger partial charge on any atom is 0.421 e. The third-order valence-corrected chi connectivity index (χ3v) is 6.92. The highest BCUT2D eigenvalue weighted by molar-refractivity contribution is 6.49. The van der Waals surface area contributed by atoms with Crippen molar-refractivity contribution in [3.63, 3.8) is 0 Å². The Morgan fingerprint density at radius 3 is 1.12 bits per heavy atom. The molecule has 2 rings (SSSR count). The van der Waals surface area contributed by atoms with Gasteiger partial charge >= 0.3 is 12.4 Å². The van der Waals surface area contributed by atoms with Crippen molar-refractivity contribution in [1.82, 2.24) is 0 Å². The van der Waals surface area contributed by atoms with Gasteiger partial charge in [-0.25, -0.2) is 0 Å². The van der Waals surface area contributed by atoms with Crippen molar-refractivity contribution in [2.75, 3.05) is 0 Å². The number of hydrogen-bond acceptors (Lipinski definition) is 0. The van der Waals surface area contributed by atoms with E-state index in [1.54, 1.807) is 62.4 Å². The second-order valence-corrected chi connectivity index (χ2v) is 10.7. The average Bonchev–Trinajstić information content (AvgIpc) is 2.64. The first-order valence-electron chi connectivity index (χ1n) is 9.48. The monoisotopic (exact) mass is 538 g/mol. The van der Waals surface area contributed by atoms with E-state index in [4.69, 9.17) is 46.4 Å². The fraction of sp³-hybridized carbons (Fsp3) is 0.455. The fourth-order valence-electron chi connectivity index (χ4n) is 3.73. The zero-order valence-electron chi connectivity index (χ0n) is 17.0. The zero-order valence-corrected chi connectivity index (χ0v) is 20.0. The molecule has 0 fully saturated rings. The molecule has 178 valence electrons. The number of hydrogen-bond donors (Lipinski definition) is 0. The van der Waals surface area contributed by atoms with Crippen molar-refractivity contribution in [2.24, 2.45) is 0 Å². The summed E-state index contributed by atoms with van der Waals surface area (Å²) in [6.45, 7) is 3.29. The molecule has 0 radical (unpaired) electrons.